The van der Waals surface area contributed by atoms with Gasteiger partial charge in [-0.05, 0) is 6.07 Å². The van der Waals surface area contributed by atoms with E-state index in [0.717, 1.165) is 0 Å². The lowest BCUT2D eigenvalue weighted by molar-refractivity contribution is -0.172. The van der Waals surface area contributed by atoms with Crippen LogP contribution in [0.4, 0.5) is 5.82 Å². The second-order valence-corrected chi connectivity index (χ2v) is 7.35. The van der Waals surface area contributed by atoms with Gasteiger partial charge in [0, 0.05) is 12.6 Å². The maximum atomic E-state index is 12.2. The summed E-state index contributed by atoms with van der Waals surface area (Å²) < 4.78 is 18.2. The molecule has 2 rings (SSSR count). The Bertz CT molecular complexity index is 803. The molecule has 1 aliphatic heterocycles. The van der Waals surface area contributed by atoms with Crippen molar-refractivity contribution in [3.8, 4) is 0 Å². The standard InChI is InChI=1S/C19H27N3O6/c1-6-19(10-26-16(23)11(2)3)13(27-17(24)12(4)5)9-15(28-19)22-8-7-14(20)21-18(22)25/h6-8,11-13,15H,1,9-10H2,2-5H3,(H2,20,21,25). The Morgan fingerprint density at radius 3 is 2.57 bits per heavy atom. The van der Waals surface area contributed by atoms with Gasteiger partial charge >= 0.3 is 17.6 Å². The number of carbonyl (C=O) groups excluding carboxylic acids is 2. The molecule has 9 nitrogen and oxygen atoms in total. The van der Waals surface area contributed by atoms with Gasteiger partial charge in [0.1, 0.15) is 24.8 Å². The number of esters is 2. The maximum Gasteiger partial charge on any atom is 0.351 e. The highest BCUT2D eigenvalue weighted by Crippen LogP contribution is 2.40. The quantitative estimate of drug-likeness (QED) is 0.545. The molecule has 28 heavy (non-hydrogen) atoms. The minimum atomic E-state index is -1.29. The molecule has 0 saturated carbocycles. The molecule has 3 atom stereocenters. The zero-order valence-electron chi connectivity index (χ0n) is 16.6. The number of nitrogens with two attached hydrogens (primary N) is 1. The average Bonchev–Trinajstić information content (AvgIpc) is 2.97. The number of ether oxygens (including phenoxy) is 3. The Labute approximate surface area is 163 Å². The Kier molecular flexibility index (Phi) is 6.60. The van der Waals surface area contributed by atoms with E-state index in [1.54, 1.807) is 27.7 Å². The first-order valence-electron chi connectivity index (χ1n) is 9.13. The Morgan fingerprint density at radius 2 is 2.04 bits per heavy atom. The van der Waals surface area contributed by atoms with E-state index in [4.69, 9.17) is 19.9 Å². The second-order valence-electron chi connectivity index (χ2n) is 7.35. The zero-order valence-corrected chi connectivity index (χ0v) is 16.6. The SMILES string of the molecule is C=CC1(COC(=O)C(C)C)OC(n2ccc(N)nc2=O)CC1OC(=O)C(C)C. The van der Waals surface area contributed by atoms with Crippen molar-refractivity contribution in [1.29, 1.82) is 0 Å². The highest BCUT2D eigenvalue weighted by Gasteiger charge is 2.51. The summed E-state index contributed by atoms with van der Waals surface area (Å²) in [5.41, 5.74) is 3.64. The summed E-state index contributed by atoms with van der Waals surface area (Å²) in [5.74, 6) is -1.46. The summed E-state index contributed by atoms with van der Waals surface area (Å²) >= 11 is 0. The number of rotatable bonds is 7. The number of hydrogen-bond acceptors (Lipinski definition) is 8. The summed E-state index contributed by atoms with van der Waals surface area (Å²) in [5, 5.41) is 0. The molecule has 0 aliphatic carbocycles. The molecule has 0 aromatic carbocycles. The molecule has 3 unspecified atom stereocenters. The van der Waals surface area contributed by atoms with Crippen LogP contribution in [0.5, 0.6) is 0 Å². The van der Waals surface area contributed by atoms with Gasteiger partial charge in [-0.1, -0.05) is 40.3 Å². The Balaban J connectivity index is 2.34. The van der Waals surface area contributed by atoms with Crippen molar-refractivity contribution in [3.63, 3.8) is 0 Å². The Hall–Kier alpha value is -2.68. The van der Waals surface area contributed by atoms with Crippen LogP contribution >= 0.6 is 0 Å². The molecule has 1 aliphatic rings. The summed E-state index contributed by atoms with van der Waals surface area (Å²) in [4.78, 5) is 40.0. The minimum absolute atomic E-state index is 0.0860. The minimum Gasteiger partial charge on any atom is -0.462 e. The fourth-order valence-electron chi connectivity index (χ4n) is 2.72. The summed E-state index contributed by atoms with van der Waals surface area (Å²) in [6, 6.07) is 1.46. The van der Waals surface area contributed by atoms with Crippen LogP contribution in [0.15, 0.2) is 29.7 Å². The first kappa shape index (κ1) is 21.6. The smallest absolute Gasteiger partial charge is 0.351 e. The predicted octanol–water partition coefficient (Wildman–Crippen LogP) is 1.44. The van der Waals surface area contributed by atoms with Crippen molar-refractivity contribution >= 4 is 17.8 Å². The van der Waals surface area contributed by atoms with Crippen molar-refractivity contribution in [1.82, 2.24) is 9.55 Å². The van der Waals surface area contributed by atoms with Crippen molar-refractivity contribution in [2.75, 3.05) is 12.3 Å². The van der Waals surface area contributed by atoms with E-state index >= 15 is 0 Å². The molecule has 9 heteroatoms. The first-order valence-corrected chi connectivity index (χ1v) is 9.13. The van der Waals surface area contributed by atoms with Crippen LogP contribution in [0, 0.1) is 11.8 Å². The van der Waals surface area contributed by atoms with Crippen LogP contribution in [-0.4, -0.2) is 39.8 Å². The fourth-order valence-corrected chi connectivity index (χ4v) is 2.72. The molecular weight excluding hydrogens is 366 g/mol. The number of aromatic nitrogens is 2. The van der Waals surface area contributed by atoms with E-state index in [2.05, 4.69) is 11.6 Å². The molecule has 0 spiro atoms. The molecule has 154 valence electrons. The van der Waals surface area contributed by atoms with Gasteiger partial charge in [0.15, 0.2) is 5.60 Å². The highest BCUT2D eigenvalue weighted by molar-refractivity contribution is 5.72. The molecule has 0 bridgehead atoms. The summed E-state index contributed by atoms with van der Waals surface area (Å²) in [7, 11) is 0. The van der Waals surface area contributed by atoms with Crippen LogP contribution in [0.2, 0.25) is 0 Å². The van der Waals surface area contributed by atoms with Gasteiger partial charge in [-0.25, -0.2) is 4.79 Å². The molecule has 1 aromatic rings. The van der Waals surface area contributed by atoms with Crippen LogP contribution < -0.4 is 11.4 Å². The molecule has 0 amide bonds. The predicted molar refractivity (Wildman–Crippen MR) is 101 cm³/mol. The fraction of sp³-hybridized carbons (Fsp3) is 0.579. The van der Waals surface area contributed by atoms with Crippen molar-refractivity contribution in [3.05, 3.63) is 35.4 Å². The molecule has 1 saturated heterocycles. The van der Waals surface area contributed by atoms with Crippen LogP contribution in [0.25, 0.3) is 0 Å². The highest BCUT2D eigenvalue weighted by atomic mass is 16.6. The Morgan fingerprint density at radius 1 is 1.39 bits per heavy atom. The van der Waals surface area contributed by atoms with Crippen LogP contribution in [0.3, 0.4) is 0 Å². The summed E-state index contributed by atoms with van der Waals surface area (Å²) in [6.45, 7) is 10.4. The van der Waals surface area contributed by atoms with Gasteiger partial charge < -0.3 is 19.9 Å². The number of hydrogen-bond donors (Lipinski definition) is 1. The van der Waals surface area contributed by atoms with E-state index < -0.39 is 35.6 Å². The van der Waals surface area contributed by atoms with E-state index in [1.165, 1.54) is 22.9 Å². The maximum absolute atomic E-state index is 12.2. The van der Waals surface area contributed by atoms with Crippen molar-refractivity contribution in [2.24, 2.45) is 11.8 Å². The molecule has 2 N–H and O–H groups in total. The van der Waals surface area contributed by atoms with Gasteiger partial charge in [-0.15, -0.1) is 0 Å². The van der Waals surface area contributed by atoms with Gasteiger partial charge in [-0.3, -0.25) is 14.2 Å². The van der Waals surface area contributed by atoms with Gasteiger partial charge in [-0.2, -0.15) is 4.98 Å². The topological polar surface area (TPSA) is 123 Å². The lowest BCUT2D eigenvalue weighted by Crippen LogP contribution is -2.45. The van der Waals surface area contributed by atoms with E-state index in [1.807, 2.05) is 0 Å². The zero-order chi connectivity index (χ0) is 21.1. The van der Waals surface area contributed by atoms with E-state index in [-0.39, 0.29) is 30.7 Å². The largest absolute Gasteiger partial charge is 0.462 e. The van der Waals surface area contributed by atoms with Gasteiger partial charge in [0.25, 0.3) is 0 Å². The van der Waals surface area contributed by atoms with Crippen molar-refractivity contribution < 1.29 is 23.8 Å². The molecule has 1 aromatic heterocycles. The third-order valence-electron chi connectivity index (χ3n) is 4.46. The van der Waals surface area contributed by atoms with Gasteiger partial charge in [0.2, 0.25) is 0 Å². The molecule has 0 radical (unpaired) electrons. The third-order valence-corrected chi connectivity index (χ3v) is 4.46. The molecular formula is C19H27N3O6. The first-order chi connectivity index (χ1) is 13.1. The summed E-state index contributed by atoms with van der Waals surface area (Å²) in [6.07, 6.45) is 1.47. The number of carbonyl (C=O) groups is 2. The lowest BCUT2D eigenvalue weighted by atomic mass is 9.97. The molecule has 1 fully saturated rings. The number of nitrogen functional groups attached to an aromatic ring is 1. The van der Waals surface area contributed by atoms with Crippen LogP contribution in [0.1, 0.15) is 40.3 Å². The van der Waals surface area contributed by atoms with Gasteiger partial charge in [0.05, 0.1) is 11.8 Å². The third kappa shape index (κ3) is 4.59. The van der Waals surface area contributed by atoms with Crippen molar-refractivity contribution in [2.45, 2.75) is 52.0 Å². The van der Waals surface area contributed by atoms with E-state index in [9.17, 15) is 14.4 Å². The average molecular weight is 393 g/mol. The normalized spacial score (nSPS) is 24.4. The number of nitrogens with zero attached hydrogens (tertiary/aromatic N) is 2. The van der Waals surface area contributed by atoms with E-state index in [0.29, 0.717) is 0 Å². The monoisotopic (exact) mass is 393 g/mol. The second kappa shape index (κ2) is 8.55. The van der Waals surface area contributed by atoms with Crippen LogP contribution in [-0.2, 0) is 23.8 Å². The number of anilines is 1. The lowest BCUT2D eigenvalue weighted by Gasteiger charge is -2.31. The molecule has 2 heterocycles.